The second kappa shape index (κ2) is 5.34. The molecule has 0 aliphatic heterocycles. The summed E-state index contributed by atoms with van der Waals surface area (Å²) in [6.07, 6.45) is 0. The number of rotatable bonds is 2. The Balaban J connectivity index is 1.65. The molecule has 0 fully saturated rings. The lowest BCUT2D eigenvalue weighted by Crippen LogP contribution is -2.13. The van der Waals surface area contributed by atoms with E-state index in [1.165, 1.54) is 11.3 Å². The molecule has 0 spiro atoms. The van der Waals surface area contributed by atoms with Gasteiger partial charge in [0.05, 0.1) is 28.1 Å². The Morgan fingerprint density at radius 1 is 1.08 bits per heavy atom. The molecule has 8 heteroatoms. The van der Waals surface area contributed by atoms with Gasteiger partial charge in [-0.1, -0.05) is 0 Å². The van der Waals surface area contributed by atoms with E-state index in [0.29, 0.717) is 17.0 Å². The molecule has 0 saturated heterocycles. The monoisotopic (exact) mass is 338 g/mol. The van der Waals surface area contributed by atoms with Crippen molar-refractivity contribution < 1.29 is 4.79 Å². The third-order valence-electron chi connectivity index (χ3n) is 3.81. The summed E-state index contributed by atoms with van der Waals surface area (Å²) < 4.78 is 1.71. The number of hydrogen-bond donors (Lipinski definition) is 1. The van der Waals surface area contributed by atoms with Crippen LogP contribution in [0, 0.1) is 20.8 Å². The quantitative estimate of drug-likeness (QED) is 0.607. The van der Waals surface area contributed by atoms with Crippen LogP contribution in [0.1, 0.15) is 27.4 Å². The number of hydrogen-bond acceptors (Lipinski definition) is 6. The summed E-state index contributed by atoms with van der Waals surface area (Å²) >= 11 is 1.48. The molecule has 0 aliphatic carbocycles. The molecule has 4 aromatic rings. The van der Waals surface area contributed by atoms with Crippen LogP contribution >= 0.6 is 11.3 Å². The number of amides is 1. The third-order valence-corrected chi connectivity index (χ3v) is 4.74. The van der Waals surface area contributed by atoms with Crippen LogP contribution in [0.15, 0.2) is 23.6 Å². The first-order chi connectivity index (χ1) is 11.5. The summed E-state index contributed by atoms with van der Waals surface area (Å²) in [5, 5.41) is 8.98. The number of nitrogens with one attached hydrogen (secondary N) is 1. The van der Waals surface area contributed by atoms with Gasteiger partial charge < -0.3 is 0 Å². The number of carbonyl (C=O) groups excluding carboxylic acids is 1. The highest BCUT2D eigenvalue weighted by atomic mass is 32.1. The van der Waals surface area contributed by atoms with Crippen molar-refractivity contribution in [3.05, 3.63) is 46.2 Å². The van der Waals surface area contributed by atoms with Gasteiger partial charge in [0.25, 0.3) is 11.9 Å². The summed E-state index contributed by atoms with van der Waals surface area (Å²) in [6, 6.07) is 5.26. The van der Waals surface area contributed by atoms with Crippen molar-refractivity contribution in [2.24, 2.45) is 0 Å². The largest absolute Gasteiger partial charge is 0.289 e. The molecule has 0 radical (unpaired) electrons. The fourth-order valence-electron chi connectivity index (χ4n) is 2.39. The van der Waals surface area contributed by atoms with Crippen molar-refractivity contribution in [3.63, 3.8) is 0 Å². The summed E-state index contributed by atoms with van der Waals surface area (Å²) in [6.45, 7) is 5.76. The number of nitrogens with zero attached hydrogens (tertiary/aromatic N) is 5. The van der Waals surface area contributed by atoms with Crippen LogP contribution in [0.2, 0.25) is 0 Å². The van der Waals surface area contributed by atoms with Crippen LogP contribution in [-0.4, -0.2) is 30.5 Å². The molecule has 0 unspecified atom stereocenters. The lowest BCUT2D eigenvalue weighted by atomic mass is 10.1. The topological polar surface area (TPSA) is 85.1 Å². The zero-order valence-electron chi connectivity index (χ0n) is 13.4. The molecule has 24 heavy (non-hydrogen) atoms. The molecule has 7 nitrogen and oxygen atoms in total. The highest BCUT2D eigenvalue weighted by Gasteiger charge is 2.13. The fraction of sp³-hybridized carbons (Fsp3) is 0.188. The summed E-state index contributed by atoms with van der Waals surface area (Å²) in [5.74, 6) is 0.0223. The fourth-order valence-corrected chi connectivity index (χ4v) is 3.19. The number of anilines is 1. The van der Waals surface area contributed by atoms with E-state index in [9.17, 15) is 4.79 Å². The third kappa shape index (κ3) is 2.41. The normalized spacial score (nSPS) is 11.3. The molecule has 0 bridgehead atoms. The molecule has 0 atom stereocenters. The molecular weight excluding hydrogens is 324 g/mol. The van der Waals surface area contributed by atoms with E-state index < -0.39 is 0 Å². The summed E-state index contributed by atoms with van der Waals surface area (Å²) in [4.78, 5) is 26.5. The van der Waals surface area contributed by atoms with Crippen LogP contribution in [0.5, 0.6) is 0 Å². The van der Waals surface area contributed by atoms with Crippen LogP contribution in [0.4, 0.5) is 5.95 Å². The van der Waals surface area contributed by atoms with Crippen molar-refractivity contribution in [2.75, 3.05) is 5.32 Å². The molecule has 1 N–H and O–H groups in total. The highest BCUT2D eigenvalue weighted by Crippen LogP contribution is 2.17. The number of aryl methyl sites for hydroxylation is 3. The first-order valence-corrected chi connectivity index (χ1v) is 8.26. The Hall–Kier alpha value is -2.87. The van der Waals surface area contributed by atoms with Gasteiger partial charge in [-0.3, -0.25) is 10.1 Å². The minimum Gasteiger partial charge on any atom is -0.289 e. The summed E-state index contributed by atoms with van der Waals surface area (Å²) in [7, 11) is 0. The minimum atomic E-state index is -0.271. The molecular formula is C16H14N6OS. The van der Waals surface area contributed by atoms with Gasteiger partial charge in [-0.2, -0.15) is 4.98 Å². The first kappa shape index (κ1) is 14.7. The predicted octanol–water partition coefficient (Wildman–Crippen LogP) is 2.91. The van der Waals surface area contributed by atoms with E-state index in [1.54, 1.807) is 22.7 Å². The number of aromatic nitrogens is 5. The van der Waals surface area contributed by atoms with Gasteiger partial charge in [-0.25, -0.2) is 14.5 Å². The van der Waals surface area contributed by atoms with Crippen LogP contribution in [-0.2, 0) is 0 Å². The highest BCUT2D eigenvalue weighted by molar-refractivity contribution is 7.15. The lowest BCUT2D eigenvalue weighted by molar-refractivity contribution is 0.102. The molecule has 4 rings (SSSR count). The molecule has 1 aromatic carbocycles. The van der Waals surface area contributed by atoms with Gasteiger partial charge in [0, 0.05) is 10.9 Å². The van der Waals surface area contributed by atoms with E-state index in [0.717, 1.165) is 27.6 Å². The van der Waals surface area contributed by atoms with Gasteiger partial charge in [-0.15, -0.1) is 16.4 Å². The molecule has 120 valence electrons. The average molecular weight is 338 g/mol. The Morgan fingerprint density at radius 3 is 2.58 bits per heavy atom. The molecule has 1 amide bonds. The van der Waals surface area contributed by atoms with E-state index in [4.69, 9.17) is 0 Å². The Morgan fingerprint density at radius 2 is 1.83 bits per heavy atom. The maximum absolute atomic E-state index is 12.4. The molecule has 3 heterocycles. The Bertz CT molecular complexity index is 1100. The maximum atomic E-state index is 12.4. The van der Waals surface area contributed by atoms with Crippen LogP contribution in [0.25, 0.3) is 16.0 Å². The van der Waals surface area contributed by atoms with Crippen molar-refractivity contribution in [1.29, 1.82) is 0 Å². The van der Waals surface area contributed by atoms with Crippen molar-refractivity contribution >= 4 is 39.2 Å². The summed E-state index contributed by atoms with van der Waals surface area (Å²) in [5.41, 5.74) is 4.68. The van der Waals surface area contributed by atoms with E-state index in [2.05, 4.69) is 25.4 Å². The van der Waals surface area contributed by atoms with Gasteiger partial charge >= 0.3 is 0 Å². The Labute approximate surface area is 141 Å². The van der Waals surface area contributed by atoms with E-state index >= 15 is 0 Å². The second-order valence-corrected chi connectivity index (χ2v) is 6.40. The number of benzene rings is 1. The standard InChI is InChI=1S/C16H14N6OS/c1-8-7-24-16-20-15(21-22(8)16)19-14(23)11-4-5-12-13(6-11)18-10(3)9(2)17-12/h4-7H,1-3H3,(H,19,21,23). The molecule has 3 aromatic heterocycles. The number of thiazole rings is 1. The number of carbonyl (C=O) groups is 1. The SMILES string of the molecule is Cc1nc2ccc(C(=O)Nc3nc4scc(C)n4n3)cc2nc1C. The molecule has 0 saturated carbocycles. The van der Waals surface area contributed by atoms with E-state index in [-0.39, 0.29) is 5.91 Å². The van der Waals surface area contributed by atoms with Crippen molar-refractivity contribution in [3.8, 4) is 0 Å². The Kier molecular flexibility index (Phi) is 3.27. The van der Waals surface area contributed by atoms with E-state index in [1.807, 2.05) is 26.2 Å². The van der Waals surface area contributed by atoms with Crippen molar-refractivity contribution in [2.45, 2.75) is 20.8 Å². The van der Waals surface area contributed by atoms with Crippen LogP contribution < -0.4 is 5.32 Å². The lowest BCUT2D eigenvalue weighted by Gasteiger charge is -2.05. The van der Waals surface area contributed by atoms with Crippen molar-refractivity contribution in [1.82, 2.24) is 24.6 Å². The van der Waals surface area contributed by atoms with Gasteiger partial charge in [0.2, 0.25) is 4.96 Å². The maximum Gasteiger partial charge on any atom is 0.258 e. The zero-order chi connectivity index (χ0) is 16.8. The van der Waals surface area contributed by atoms with Gasteiger partial charge in [0.15, 0.2) is 0 Å². The van der Waals surface area contributed by atoms with Crippen LogP contribution in [0.3, 0.4) is 0 Å². The smallest absolute Gasteiger partial charge is 0.258 e. The number of fused-ring (bicyclic) bond motifs is 2. The van der Waals surface area contributed by atoms with Gasteiger partial charge in [-0.05, 0) is 39.0 Å². The second-order valence-electron chi connectivity index (χ2n) is 5.56. The predicted molar refractivity (Wildman–Crippen MR) is 92.6 cm³/mol. The minimum absolute atomic E-state index is 0.271. The van der Waals surface area contributed by atoms with Gasteiger partial charge in [0.1, 0.15) is 0 Å². The average Bonchev–Trinajstić information content (AvgIpc) is 3.10. The zero-order valence-corrected chi connectivity index (χ0v) is 14.2. The molecule has 0 aliphatic rings. The first-order valence-electron chi connectivity index (χ1n) is 7.38.